The van der Waals surface area contributed by atoms with Gasteiger partial charge in [0.2, 0.25) is 0 Å². The van der Waals surface area contributed by atoms with Crippen LogP contribution in [0, 0.1) is 20.2 Å². The summed E-state index contributed by atoms with van der Waals surface area (Å²) in [5.74, 6) is 0. The largest absolute Gasteiger partial charge is 0.269 e. The first kappa shape index (κ1) is 18.9. The van der Waals surface area contributed by atoms with Crippen LogP contribution in [0.1, 0.15) is 0 Å². The molecule has 0 aliphatic heterocycles. The molecule has 0 spiro atoms. The van der Waals surface area contributed by atoms with Gasteiger partial charge in [0.15, 0.2) is 0 Å². The zero-order valence-corrected chi connectivity index (χ0v) is 15.5. The molecule has 0 atom stereocenters. The maximum absolute atomic E-state index is 10.8. The Morgan fingerprint density at radius 2 is 0.900 bits per heavy atom. The average Bonchev–Trinajstić information content (AvgIpc) is 2.79. The molecule has 0 unspecified atom stereocenters. The minimum atomic E-state index is -0.435. The van der Waals surface area contributed by atoms with Crippen molar-refractivity contribution in [3.05, 3.63) is 105 Å². The number of benzene rings is 2. The second-order valence-electron chi connectivity index (χ2n) is 6.47. The first-order chi connectivity index (χ1) is 14.5. The van der Waals surface area contributed by atoms with Crippen LogP contribution >= 0.6 is 0 Å². The van der Waals surface area contributed by atoms with Gasteiger partial charge in [-0.3, -0.25) is 30.2 Å². The third kappa shape index (κ3) is 3.88. The highest BCUT2D eigenvalue weighted by atomic mass is 16.6. The van der Waals surface area contributed by atoms with Crippen molar-refractivity contribution in [2.24, 2.45) is 0 Å². The number of hydrogen-bond donors (Lipinski definition) is 0. The molecule has 8 nitrogen and oxygen atoms in total. The van der Waals surface area contributed by atoms with Gasteiger partial charge in [0.05, 0.1) is 21.2 Å². The lowest BCUT2D eigenvalue weighted by Gasteiger charge is -2.07. The molecule has 4 aromatic rings. The Morgan fingerprint density at radius 1 is 0.533 bits per heavy atom. The predicted octanol–water partition coefficient (Wildman–Crippen LogP) is 5.29. The van der Waals surface area contributed by atoms with Crippen molar-refractivity contribution in [3.8, 4) is 33.6 Å². The quantitative estimate of drug-likeness (QED) is 0.333. The Kier molecular flexibility index (Phi) is 4.96. The van der Waals surface area contributed by atoms with E-state index in [0.717, 1.165) is 22.3 Å². The van der Waals surface area contributed by atoms with Crippen molar-refractivity contribution < 1.29 is 9.85 Å². The molecule has 8 heteroatoms. The zero-order valence-electron chi connectivity index (χ0n) is 15.5. The van der Waals surface area contributed by atoms with E-state index >= 15 is 0 Å². The predicted molar refractivity (Wildman–Crippen MR) is 112 cm³/mol. The molecule has 146 valence electrons. The van der Waals surface area contributed by atoms with E-state index in [0.29, 0.717) is 11.4 Å². The number of pyridine rings is 2. The van der Waals surface area contributed by atoms with Crippen LogP contribution in [-0.4, -0.2) is 19.8 Å². The van der Waals surface area contributed by atoms with Crippen LogP contribution in [0.5, 0.6) is 0 Å². The molecular formula is C22H14N4O4. The lowest BCUT2D eigenvalue weighted by Crippen LogP contribution is -1.91. The second kappa shape index (κ2) is 7.88. The Morgan fingerprint density at radius 3 is 1.23 bits per heavy atom. The van der Waals surface area contributed by atoms with Crippen molar-refractivity contribution in [1.29, 1.82) is 0 Å². The highest BCUT2D eigenvalue weighted by Crippen LogP contribution is 2.28. The fourth-order valence-electron chi connectivity index (χ4n) is 3.05. The fourth-order valence-corrected chi connectivity index (χ4v) is 3.05. The van der Waals surface area contributed by atoms with Crippen LogP contribution in [0.3, 0.4) is 0 Å². The van der Waals surface area contributed by atoms with Gasteiger partial charge in [-0.1, -0.05) is 0 Å². The molecule has 0 fully saturated rings. The molecule has 0 N–H and O–H groups in total. The molecule has 0 aliphatic carbocycles. The maximum Gasteiger partial charge on any atom is 0.269 e. The van der Waals surface area contributed by atoms with Gasteiger partial charge in [-0.25, -0.2) is 0 Å². The molecule has 0 radical (unpaired) electrons. The number of hydrogen-bond acceptors (Lipinski definition) is 6. The lowest BCUT2D eigenvalue weighted by atomic mass is 10.0. The van der Waals surface area contributed by atoms with E-state index < -0.39 is 9.85 Å². The van der Waals surface area contributed by atoms with Crippen LogP contribution in [0.2, 0.25) is 0 Å². The van der Waals surface area contributed by atoms with Gasteiger partial charge in [0.25, 0.3) is 11.4 Å². The summed E-state index contributed by atoms with van der Waals surface area (Å²) >= 11 is 0. The maximum atomic E-state index is 10.8. The summed E-state index contributed by atoms with van der Waals surface area (Å²) in [5, 5.41) is 21.7. The molecule has 0 amide bonds. The molecule has 2 aromatic carbocycles. The van der Waals surface area contributed by atoms with E-state index in [4.69, 9.17) is 0 Å². The molecule has 0 saturated carbocycles. The summed E-state index contributed by atoms with van der Waals surface area (Å²) in [4.78, 5) is 29.6. The van der Waals surface area contributed by atoms with Gasteiger partial charge in [0, 0.05) is 36.7 Å². The lowest BCUT2D eigenvalue weighted by molar-refractivity contribution is -0.385. The summed E-state index contributed by atoms with van der Waals surface area (Å²) in [5.41, 5.74) is 4.74. The first-order valence-corrected chi connectivity index (χ1v) is 8.93. The van der Waals surface area contributed by atoms with Gasteiger partial charge >= 0.3 is 0 Å². The van der Waals surface area contributed by atoms with Crippen LogP contribution in [-0.2, 0) is 0 Å². The number of aromatic nitrogens is 2. The molecule has 0 aliphatic rings. The van der Waals surface area contributed by atoms with E-state index in [1.165, 1.54) is 24.3 Å². The third-order valence-corrected chi connectivity index (χ3v) is 4.61. The number of rotatable bonds is 5. The van der Waals surface area contributed by atoms with Crippen LogP contribution in [0.4, 0.5) is 11.4 Å². The van der Waals surface area contributed by atoms with E-state index in [1.807, 2.05) is 24.3 Å². The molecule has 0 bridgehead atoms. The fraction of sp³-hybridized carbons (Fsp3) is 0. The van der Waals surface area contributed by atoms with Crippen molar-refractivity contribution >= 4 is 11.4 Å². The highest BCUT2D eigenvalue weighted by Gasteiger charge is 2.10. The Labute approximate surface area is 170 Å². The molecule has 2 aromatic heterocycles. The summed E-state index contributed by atoms with van der Waals surface area (Å²) < 4.78 is 0. The Balaban J connectivity index is 1.66. The third-order valence-electron chi connectivity index (χ3n) is 4.61. The van der Waals surface area contributed by atoms with Gasteiger partial charge in [-0.2, -0.15) is 0 Å². The number of non-ortho nitro benzene ring substituents is 2. The second-order valence-corrected chi connectivity index (χ2v) is 6.47. The van der Waals surface area contributed by atoms with E-state index in [1.54, 1.807) is 36.7 Å². The van der Waals surface area contributed by atoms with Gasteiger partial charge in [0.1, 0.15) is 0 Å². The van der Waals surface area contributed by atoms with Crippen LogP contribution in [0.25, 0.3) is 33.6 Å². The van der Waals surface area contributed by atoms with E-state index in [2.05, 4.69) is 9.97 Å². The normalized spacial score (nSPS) is 10.5. The van der Waals surface area contributed by atoms with Crippen molar-refractivity contribution in [2.45, 2.75) is 0 Å². The Bertz CT molecular complexity index is 1140. The summed E-state index contributed by atoms with van der Waals surface area (Å²) in [7, 11) is 0. The standard InChI is InChI=1S/C22H14N4O4/c27-25(28)19-5-1-15(2-6-19)17-9-11-23-21(13-17)22-14-18(10-12-24-22)16-3-7-20(8-4-16)26(29)30/h1-14H. The average molecular weight is 398 g/mol. The van der Waals surface area contributed by atoms with Crippen LogP contribution in [0.15, 0.2) is 85.2 Å². The number of nitro benzene ring substituents is 2. The van der Waals surface area contributed by atoms with Gasteiger partial charge in [-0.05, 0) is 70.8 Å². The smallest absolute Gasteiger partial charge is 0.258 e. The summed E-state index contributed by atoms with van der Waals surface area (Å²) in [6.07, 6.45) is 3.32. The first-order valence-electron chi connectivity index (χ1n) is 8.93. The van der Waals surface area contributed by atoms with E-state index in [9.17, 15) is 20.2 Å². The van der Waals surface area contributed by atoms with Crippen molar-refractivity contribution in [3.63, 3.8) is 0 Å². The minimum Gasteiger partial charge on any atom is -0.258 e. The Hall–Kier alpha value is -4.46. The molecule has 4 rings (SSSR count). The monoisotopic (exact) mass is 398 g/mol. The molecule has 2 heterocycles. The summed E-state index contributed by atoms with van der Waals surface area (Å²) in [6.45, 7) is 0. The molecular weight excluding hydrogens is 384 g/mol. The number of nitro groups is 2. The molecule has 0 saturated heterocycles. The topological polar surface area (TPSA) is 112 Å². The van der Waals surface area contributed by atoms with Gasteiger partial charge < -0.3 is 0 Å². The molecule has 30 heavy (non-hydrogen) atoms. The highest BCUT2D eigenvalue weighted by molar-refractivity contribution is 5.73. The van der Waals surface area contributed by atoms with Crippen molar-refractivity contribution in [1.82, 2.24) is 9.97 Å². The zero-order chi connectivity index (χ0) is 21.1. The number of nitrogens with zero attached hydrogens (tertiary/aromatic N) is 4. The minimum absolute atomic E-state index is 0.0329. The van der Waals surface area contributed by atoms with Crippen LogP contribution < -0.4 is 0 Å². The van der Waals surface area contributed by atoms with Crippen molar-refractivity contribution in [2.75, 3.05) is 0 Å². The van der Waals surface area contributed by atoms with E-state index in [-0.39, 0.29) is 11.4 Å². The SMILES string of the molecule is O=[N+]([O-])c1ccc(-c2ccnc(-c3cc(-c4ccc([N+](=O)[O-])cc4)ccn3)c2)cc1. The van der Waals surface area contributed by atoms with Gasteiger partial charge in [-0.15, -0.1) is 0 Å². The summed E-state index contributed by atoms with van der Waals surface area (Å²) in [6, 6.07) is 20.0.